The molecule has 1 saturated heterocycles. The molecule has 1 aliphatic rings. The third kappa shape index (κ3) is 5.94. The zero-order valence-electron chi connectivity index (χ0n) is 14.2. The highest BCUT2D eigenvalue weighted by atomic mass is 32.2. The number of carbonyl (C=O) groups excluding carboxylic acids is 1. The first-order valence-electron chi connectivity index (χ1n) is 8.08. The van der Waals surface area contributed by atoms with Gasteiger partial charge in [0.05, 0.1) is 0 Å². The van der Waals surface area contributed by atoms with Crippen molar-refractivity contribution in [2.45, 2.75) is 57.4 Å². The molecule has 0 bridgehead atoms. The lowest BCUT2D eigenvalue weighted by Gasteiger charge is -2.36. The summed E-state index contributed by atoms with van der Waals surface area (Å²) in [7, 11) is -1.01. The van der Waals surface area contributed by atoms with E-state index >= 15 is 0 Å². The van der Waals surface area contributed by atoms with Crippen LogP contribution < -0.4 is 0 Å². The van der Waals surface area contributed by atoms with E-state index in [0.29, 0.717) is 18.1 Å². The van der Waals surface area contributed by atoms with E-state index in [1.165, 1.54) is 0 Å². The van der Waals surface area contributed by atoms with Gasteiger partial charge in [-0.2, -0.15) is 0 Å². The molecule has 128 valence electrons. The van der Waals surface area contributed by atoms with Crippen molar-refractivity contribution in [3.05, 3.63) is 30.1 Å². The summed E-state index contributed by atoms with van der Waals surface area (Å²) in [5.41, 5.74) is 0.507. The second-order valence-electron chi connectivity index (χ2n) is 6.93. The van der Waals surface area contributed by atoms with E-state index < -0.39 is 16.4 Å². The van der Waals surface area contributed by atoms with Crippen LogP contribution in [-0.4, -0.2) is 44.1 Å². The van der Waals surface area contributed by atoms with E-state index in [2.05, 4.69) is 4.98 Å². The average molecular weight is 338 g/mol. The number of rotatable bonds is 4. The number of hydrogen-bond acceptors (Lipinski definition) is 4. The molecule has 0 aliphatic carbocycles. The van der Waals surface area contributed by atoms with Gasteiger partial charge >= 0.3 is 6.09 Å². The predicted octanol–water partition coefficient (Wildman–Crippen LogP) is 3.12. The first-order valence-corrected chi connectivity index (χ1v) is 9.57. The van der Waals surface area contributed by atoms with Crippen molar-refractivity contribution in [3.63, 3.8) is 0 Å². The van der Waals surface area contributed by atoms with Crippen LogP contribution in [0.5, 0.6) is 0 Å². The van der Waals surface area contributed by atoms with Crippen LogP contribution in [-0.2, 0) is 21.3 Å². The zero-order chi connectivity index (χ0) is 16.9. The minimum Gasteiger partial charge on any atom is -0.444 e. The largest absolute Gasteiger partial charge is 0.444 e. The number of piperidine rings is 1. The molecular formula is C17H26N2O3S. The van der Waals surface area contributed by atoms with Crippen LogP contribution in [0, 0.1) is 0 Å². The number of ether oxygens (including phenoxy) is 1. The van der Waals surface area contributed by atoms with E-state index in [4.69, 9.17) is 4.74 Å². The first-order chi connectivity index (χ1) is 10.8. The number of hydrogen-bond donors (Lipinski definition) is 0. The van der Waals surface area contributed by atoms with E-state index in [1.54, 1.807) is 17.3 Å². The molecule has 5 nitrogen and oxygen atoms in total. The van der Waals surface area contributed by atoms with E-state index in [-0.39, 0.29) is 12.1 Å². The summed E-state index contributed by atoms with van der Waals surface area (Å²) in [4.78, 5) is 18.1. The molecule has 0 unspecified atom stereocenters. The van der Waals surface area contributed by atoms with Gasteiger partial charge < -0.3 is 9.64 Å². The lowest BCUT2D eigenvalue weighted by atomic mass is 10.0. The summed E-state index contributed by atoms with van der Waals surface area (Å²) < 4.78 is 17.9. The van der Waals surface area contributed by atoms with E-state index in [1.807, 2.05) is 32.9 Å². The summed E-state index contributed by atoms with van der Waals surface area (Å²) in [5.74, 6) is 1.00. The standard InChI is InChI=1S/C17H26N2O3S/c1-17(2,3)22-16(20)19-11-5-4-6-15(19)13-23(21)12-14-7-9-18-10-8-14/h7-10,15H,4-6,11-13H2,1-3H3/t15-,23+/m0/s1. The maximum Gasteiger partial charge on any atom is 0.410 e. The highest BCUT2D eigenvalue weighted by Crippen LogP contribution is 2.21. The van der Waals surface area contributed by atoms with Gasteiger partial charge in [-0.05, 0) is 57.7 Å². The summed E-state index contributed by atoms with van der Waals surface area (Å²) in [5, 5.41) is 0. The highest BCUT2D eigenvalue weighted by molar-refractivity contribution is 7.84. The van der Waals surface area contributed by atoms with Crippen molar-refractivity contribution in [1.29, 1.82) is 0 Å². The van der Waals surface area contributed by atoms with Crippen molar-refractivity contribution in [3.8, 4) is 0 Å². The number of aromatic nitrogens is 1. The molecule has 2 heterocycles. The lowest BCUT2D eigenvalue weighted by molar-refractivity contribution is 0.0125. The zero-order valence-corrected chi connectivity index (χ0v) is 15.0. The third-order valence-electron chi connectivity index (χ3n) is 3.71. The molecule has 23 heavy (non-hydrogen) atoms. The Kier molecular flexibility index (Phi) is 6.16. The maximum atomic E-state index is 12.4. The van der Waals surface area contributed by atoms with Gasteiger partial charge in [0.25, 0.3) is 0 Å². The molecule has 0 spiro atoms. The SMILES string of the molecule is CC(C)(C)OC(=O)N1CCCC[C@H]1C[S@](=O)Cc1ccncc1. The van der Waals surface area contributed by atoms with Crippen LogP contribution in [0.2, 0.25) is 0 Å². The van der Waals surface area contributed by atoms with Gasteiger partial charge in [-0.1, -0.05) is 0 Å². The summed E-state index contributed by atoms with van der Waals surface area (Å²) in [6.45, 7) is 6.29. The summed E-state index contributed by atoms with van der Waals surface area (Å²) in [6.07, 6.45) is 6.06. The Balaban J connectivity index is 1.95. The van der Waals surface area contributed by atoms with Gasteiger partial charge in [0.15, 0.2) is 0 Å². The Hall–Kier alpha value is -1.43. The van der Waals surface area contributed by atoms with Crippen LogP contribution in [0.15, 0.2) is 24.5 Å². The fourth-order valence-electron chi connectivity index (χ4n) is 2.67. The molecule has 0 N–H and O–H groups in total. The van der Waals surface area contributed by atoms with Crippen LogP contribution in [0.25, 0.3) is 0 Å². The Morgan fingerprint density at radius 1 is 1.35 bits per heavy atom. The van der Waals surface area contributed by atoms with E-state index in [9.17, 15) is 9.00 Å². The first kappa shape index (κ1) is 17.9. The van der Waals surface area contributed by atoms with Crippen molar-refractivity contribution in [2.24, 2.45) is 0 Å². The number of nitrogens with zero attached hydrogens (tertiary/aromatic N) is 2. The molecule has 0 radical (unpaired) electrons. The van der Waals surface area contributed by atoms with Gasteiger partial charge in [-0.3, -0.25) is 9.19 Å². The smallest absolute Gasteiger partial charge is 0.410 e. The number of pyridine rings is 1. The number of carbonyl (C=O) groups is 1. The molecule has 2 rings (SSSR count). The molecule has 1 amide bonds. The van der Waals surface area contributed by atoms with Crippen molar-refractivity contribution in [1.82, 2.24) is 9.88 Å². The Morgan fingerprint density at radius 3 is 2.70 bits per heavy atom. The van der Waals surface area contributed by atoms with Gasteiger partial charge in [0.2, 0.25) is 0 Å². The van der Waals surface area contributed by atoms with Crippen LogP contribution in [0.4, 0.5) is 4.79 Å². The fourth-order valence-corrected chi connectivity index (χ4v) is 4.13. The molecule has 1 aromatic rings. The molecule has 6 heteroatoms. The Morgan fingerprint density at radius 2 is 2.04 bits per heavy atom. The Bertz CT molecular complexity index is 543. The van der Waals surface area contributed by atoms with Crippen molar-refractivity contribution >= 4 is 16.9 Å². The quantitative estimate of drug-likeness (QED) is 0.846. The normalized spacial score (nSPS) is 20.1. The predicted molar refractivity (Wildman–Crippen MR) is 91.5 cm³/mol. The molecule has 2 atom stereocenters. The van der Waals surface area contributed by atoms with Gasteiger partial charge in [-0.15, -0.1) is 0 Å². The molecule has 1 aromatic heterocycles. The topological polar surface area (TPSA) is 59.5 Å². The van der Waals surface area contributed by atoms with Gasteiger partial charge in [0.1, 0.15) is 5.60 Å². The summed E-state index contributed by atoms with van der Waals surface area (Å²) in [6, 6.07) is 3.76. The number of likely N-dealkylation sites (tertiary alicyclic amines) is 1. The molecule has 1 fully saturated rings. The van der Waals surface area contributed by atoms with Crippen molar-refractivity contribution in [2.75, 3.05) is 12.3 Å². The van der Waals surface area contributed by atoms with Crippen LogP contribution >= 0.6 is 0 Å². The fraction of sp³-hybridized carbons (Fsp3) is 0.647. The minimum absolute atomic E-state index is 0.00118. The van der Waals surface area contributed by atoms with Crippen LogP contribution in [0.1, 0.15) is 45.6 Å². The van der Waals surface area contributed by atoms with Crippen LogP contribution in [0.3, 0.4) is 0 Å². The van der Waals surface area contributed by atoms with E-state index in [0.717, 1.165) is 24.8 Å². The maximum absolute atomic E-state index is 12.4. The minimum atomic E-state index is -1.01. The monoisotopic (exact) mass is 338 g/mol. The Labute approximate surface area is 140 Å². The molecule has 0 aromatic carbocycles. The molecular weight excluding hydrogens is 312 g/mol. The van der Waals surface area contributed by atoms with Crippen molar-refractivity contribution < 1.29 is 13.7 Å². The van der Waals surface area contributed by atoms with Gasteiger partial charge in [0, 0.05) is 47.3 Å². The second-order valence-corrected chi connectivity index (χ2v) is 8.43. The molecule has 0 saturated carbocycles. The highest BCUT2D eigenvalue weighted by Gasteiger charge is 2.31. The summed E-state index contributed by atoms with van der Waals surface area (Å²) >= 11 is 0. The van der Waals surface area contributed by atoms with Gasteiger partial charge in [-0.25, -0.2) is 4.79 Å². The molecule has 1 aliphatic heterocycles. The average Bonchev–Trinajstić information content (AvgIpc) is 2.47. The lowest BCUT2D eigenvalue weighted by Crippen LogP contribution is -2.48. The third-order valence-corrected chi connectivity index (χ3v) is 5.12. The second kappa shape index (κ2) is 7.90. The number of amides is 1.